The summed E-state index contributed by atoms with van der Waals surface area (Å²) in [6.07, 6.45) is 1.26. The zero-order chi connectivity index (χ0) is 21.2. The van der Waals surface area contributed by atoms with Gasteiger partial charge in [-0.25, -0.2) is 23.3 Å². The Kier molecular flexibility index (Phi) is 3.94. The van der Waals surface area contributed by atoms with Gasteiger partial charge in [0.05, 0.1) is 32.9 Å². The summed E-state index contributed by atoms with van der Waals surface area (Å²) in [7, 11) is 0. The van der Waals surface area contributed by atoms with Gasteiger partial charge in [0.2, 0.25) is 0 Å². The molecule has 2 amide bonds. The number of amides is 2. The van der Waals surface area contributed by atoms with E-state index in [0.717, 1.165) is 17.0 Å². The maximum absolute atomic E-state index is 14.3. The first-order valence-electron chi connectivity index (χ1n) is 8.85. The van der Waals surface area contributed by atoms with Crippen molar-refractivity contribution in [1.82, 2.24) is 14.8 Å². The summed E-state index contributed by atoms with van der Waals surface area (Å²) in [6.45, 7) is 1.62. The quantitative estimate of drug-likeness (QED) is 0.445. The molecule has 4 aromatic rings. The lowest BCUT2D eigenvalue weighted by Crippen LogP contribution is -2.29. The predicted molar refractivity (Wildman–Crippen MR) is 106 cm³/mol. The minimum Gasteiger partial charge on any atom is -0.268 e. The maximum atomic E-state index is 14.3. The summed E-state index contributed by atoms with van der Waals surface area (Å²) < 4.78 is 28.8. The van der Waals surface area contributed by atoms with Gasteiger partial charge in [-0.15, -0.1) is 0 Å². The van der Waals surface area contributed by atoms with E-state index in [4.69, 9.17) is 11.6 Å². The lowest BCUT2D eigenvalue weighted by molar-refractivity contribution is 0.0926. The molecule has 5 rings (SSSR count). The van der Waals surface area contributed by atoms with Crippen molar-refractivity contribution in [3.05, 3.63) is 82.1 Å². The minimum atomic E-state index is -0.832. The Hall–Kier alpha value is -3.65. The molecule has 0 saturated heterocycles. The highest BCUT2D eigenvalue weighted by Gasteiger charge is 2.40. The number of para-hydroxylation sites is 1. The van der Waals surface area contributed by atoms with Crippen LogP contribution in [0.5, 0.6) is 0 Å². The van der Waals surface area contributed by atoms with Gasteiger partial charge in [0.25, 0.3) is 11.8 Å². The third-order valence-corrected chi connectivity index (χ3v) is 5.27. The van der Waals surface area contributed by atoms with Crippen molar-refractivity contribution in [2.75, 3.05) is 4.90 Å². The van der Waals surface area contributed by atoms with Crippen molar-refractivity contribution < 1.29 is 18.4 Å². The number of pyridine rings is 1. The fourth-order valence-corrected chi connectivity index (χ4v) is 3.85. The van der Waals surface area contributed by atoms with Crippen LogP contribution < -0.4 is 4.90 Å². The van der Waals surface area contributed by atoms with Gasteiger partial charge in [-0.3, -0.25) is 9.59 Å². The molecular formula is C21H11ClF2N4O2. The highest BCUT2D eigenvalue weighted by Crippen LogP contribution is 2.37. The number of carbonyl (C=O) groups excluding carboxylic acids is 2. The van der Waals surface area contributed by atoms with Gasteiger partial charge in [-0.1, -0.05) is 23.7 Å². The fourth-order valence-electron chi connectivity index (χ4n) is 3.63. The average molecular weight is 425 g/mol. The zero-order valence-electron chi connectivity index (χ0n) is 15.4. The van der Waals surface area contributed by atoms with E-state index in [1.807, 2.05) is 0 Å². The second-order valence-electron chi connectivity index (χ2n) is 6.74. The van der Waals surface area contributed by atoms with Crippen LogP contribution in [-0.2, 0) is 0 Å². The number of anilines is 1. The van der Waals surface area contributed by atoms with Crippen molar-refractivity contribution >= 4 is 40.1 Å². The molecule has 0 spiro atoms. The first kappa shape index (κ1) is 18.4. The Labute approximate surface area is 173 Å². The number of hydrogen-bond acceptors (Lipinski definition) is 4. The monoisotopic (exact) mass is 424 g/mol. The van der Waals surface area contributed by atoms with E-state index in [-0.39, 0.29) is 33.2 Å². The van der Waals surface area contributed by atoms with Crippen LogP contribution in [0.15, 0.2) is 48.7 Å². The Morgan fingerprint density at radius 2 is 1.77 bits per heavy atom. The van der Waals surface area contributed by atoms with E-state index in [0.29, 0.717) is 11.1 Å². The molecule has 0 aliphatic carbocycles. The number of rotatable bonds is 2. The van der Waals surface area contributed by atoms with E-state index in [9.17, 15) is 18.4 Å². The normalized spacial score (nSPS) is 13.4. The molecule has 0 atom stereocenters. The predicted octanol–water partition coefficient (Wildman–Crippen LogP) is 4.46. The first-order chi connectivity index (χ1) is 14.4. The number of carbonyl (C=O) groups is 2. The summed E-state index contributed by atoms with van der Waals surface area (Å²) in [5.41, 5.74) is 1.01. The molecule has 9 heteroatoms. The fraction of sp³-hybridized carbons (Fsp3) is 0.0476. The van der Waals surface area contributed by atoms with E-state index in [2.05, 4.69) is 10.1 Å². The molecule has 1 aliphatic heterocycles. The molecule has 3 heterocycles. The van der Waals surface area contributed by atoms with Crippen molar-refractivity contribution in [2.24, 2.45) is 0 Å². The standard InChI is InChI=1S/C21H11ClF2N4O2/c1-10-17-18-12(20(29)27(21(18)30)15-5-3-2-4-13(15)22)9-25-19(17)28(26-10)16-7-6-11(23)8-14(16)24/h2-9H,1H3. The van der Waals surface area contributed by atoms with E-state index in [1.165, 1.54) is 16.9 Å². The van der Waals surface area contributed by atoms with Gasteiger partial charge in [0.15, 0.2) is 11.5 Å². The van der Waals surface area contributed by atoms with Crippen molar-refractivity contribution in [3.63, 3.8) is 0 Å². The van der Waals surface area contributed by atoms with Crippen LogP contribution >= 0.6 is 11.6 Å². The number of aryl methyl sites for hydroxylation is 1. The number of imide groups is 1. The van der Waals surface area contributed by atoms with Crippen molar-refractivity contribution in [1.29, 1.82) is 0 Å². The van der Waals surface area contributed by atoms with Gasteiger partial charge in [0.1, 0.15) is 11.5 Å². The molecular weight excluding hydrogens is 414 g/mol. The molecule has 0 bridgehead atoms. The summed E-state index contributed by atoms with van der Waals surface area (Å²) in [5, 5.41) is 4.86. The van der Waals surface area contributed by atoms with Gasteiger partial charge >= 0.3 is 0 Å². The lowest BCUT2D eigenvalue weighted by atomic mass is 10.1. The summed E-state index contributed by atoms with van der Waals surface area (Å²) >= 11 is 6.19. The number of aromatic nitrogens is 3. The smallest absolute Gasteiger partial charge is 0.267 e. The molecule has 6 nitrogen and oxygen atoms in total. The third kappa shape index (κ3) is 2.47. The summed E-state index contributed by atoms with van der Waals surface area (Å²) in [6, 6.07) is 9.57. The molecule has 0 radical (unpaired) electrons. The van der Waals surface area contributed by atoms with Crippen LogP contribution in [0.3, 0.4) is 0 Å². The van der Waals surface area contributed by atoms with Crippen molar-refractivity contribution in [3.8, 4) is 5.69 Å². The molecule has 148 valence electrons. The minimum absolute atomic E-state index is 0.0262. The Balaban J connectivity index is 1.74. The molecule has 2 aromatic heterocycles. The zero-order valence-corrected chi connectivity index (χ0v) is 16.1. The Bertz CT molecular complexity index is 1400. The molecule has 1 aliphatic rings. The van der Waals surface area contributed by atoms with Crippen LogP contribution in [0.2, 0.25) is 5.02 Å². The average Bonchev–Trinajstić information content (AvgIpc) is 3.17. The maximum Gasteiger partial charge on any atom is 0.267 e. The van der Waals surface area contributed by atoms with Crippen LogP contribution in [-0.4, -0.2) is 26.6 Å². The number of nitrogens with zero attached hydrogens (tertiary/aromatic N) is 4. The van der Waals surface area contributed by atoms with Gasteiger partial charge in [-0.2, -0.15) is 5.10 Å². The SMILES string of the molecule is Cc1nn(-c2ccc(F)cc2F)c2ncc3c(c12)C(=O)N(c1ccccc1Cl)C3=O. The van der Waals surface area contributed by atoms with Crippen LogP contribution in [0.4, 0.5) is 14.5 Å². The third-order valence-electron chi connectivity index (χ3n) is 4.95. The van der Waals surface area contributed by atoms with Gasteiger partial charge in [-0.05, 0) is 31.2 Å². The first-order valence-corrected chi connectivity index (χ1v) is 9.23. The van der Waals surface area contributed by atoms with Gasteiger partial charge < -0.3 is 0 Å². The number of benzene rings is 2. The number of hydrogen-bond donors (Lipinski definition) is 0. The Morgan fingerprint density at radius 3 is 2.50 bits per heavy atom. The molecule has 0 saturated carbocycles. The highest BCUT2D eigenvalue weighted by atomic mass is 35.5. The van der Waals surface area contributed by atoms with Gasteiger partial charge in [0, 0.05) is 12.3 Å². The molecule has 0 N–H and O–H groups in total. The summed E-state index contributed by atoms with van der Waals surface area (Å²) in [5.74, 6) is -2.69. The molecule has 2 aromatic carbocycles. The summed E-state index contributed by atoms with van der Waals surface area (Å²) in [4.78, 5) is 31.4. The second-order valence-corrected chi connectivity index (χ2v) is 7.14. The van der Waals surface area contributed by atoms with E-state index >= 15 is 0 Å². The number of fused-ring (bicyclic) bond motifs is 3. The molecule has 0 unspecified atom stereocenters. The van der Waals surface area contributed by atoms with E-state index < -0.39 is 23.4 Å². The van der Waals surface area contributed by atoms with Crippen LogP contribution in [0.1, 0.15) is 26.4 Å². The second kappa shape index (κ2) is 6.43. The number of halogens is 3. The molecule has 0 fully saturated rings. The largest absolute Gasteiger partial charge is 0.268 e. The van der Waals surface area contributed by atoms with Crippen LogP contribution in [0.25, 0.3) is 16.7 Å². The topological polar surface area (TPSA) is 68.1 Å². The molecule has 30 heavy (non-hydrogen) atoms. The lowest BCUT2D eigenvalue weighted by Gasteiger charge is -2.15. The van der Waals surface area contributed by atoms with Crippen molar-refractivity contribution in [2.45, 2.75) is 6.92 Å². The van der Waals surface area contributed by atoms with E-state index in [1.54, 1.807) is 31.2 Å². The highest BCUT2D eigenvalue weighted by molar-refractivity contribution is 6.41. The Morgan fingerprint density at radius 1 is 1.00 bits per heavy atom. The van der Waals surface area contributed by atoms with Crippen LogP contribution in [0, 0.1) is 18.6 Å².